The second-order valence-corrected chi connectivity index (χ2v) is 6.61. The van der Waals surface area contributed by atoms with Gasteiger partial charge in [0.1, 0.15) is 0 Å². The average Bonchev–Trinajstić information content (AvgIpc) is 2.99. The molecule has 0 bridgehead atoms. The molecule has 0 saturated heterocycles. The third kappa shape index (κ3) is 3.57. The Bertz CT molecular complexity index is 1110. The number of nitrogens with zero attached hydrogens (tertiary/aromatic N) is 2. The van der Waals surface area contributed by atoms with E-state index in [-0.39, 0.29) is 12.3 Å². The molecule has 3 aromatic rings. The van der Waals surface area contributed by atoms with Crippen LogP contribution in [-0.2, 0) is 17.6 Å². The van der Waals surface area contributed by atoms with Crippen molar-refractivity contribution in [2.24, 2.45) is 5.73 Å². The van der Waals surface area contributed by atoms with Crippen LogP contribution in [-0.4, -0.2) is 22.8 Å². The van der Waals surface area contributed by atoms with Crippen LogP contribution in [0.5, 0.6) is 5.75 Å². The van der Waals surface area contributed by atoms with Gasteiger partial charge < -0.3 is 14.9 Å². The van der Waals surface area contributed by atoms with Crippen molar-refractivity contribution < 1.29 is 14.3 Å². The fourth-order valence-electron chi connectivity index (χ4n) is 3.39. The Kier molecular flexibility index (Phi) is 5.67. The molecule has 0 spiro atoms. The SMILES string of the molecule is [C-]#[N+]COc1cccn2c(Cc3cccc(Cl)c3)c(CC)c(C(=O)C(N)=O)c12. The van der Waals surface area contributed by atoms with E-state index < -0.39 is 11.7 Å². The molecule has 1 amide bonds. The van der Waals surface area contributed by atoms with Gasteiger partial charge in [-0.3, -0.25) is 14.4 Å². The molecule has 28 heavy (non-hydrogen) atoms. The number of fused-ring (bicyclic) bond motifs is 1. The first-order valence-corrected chi connectivity index (χ1v) is 9.05. The summed E-state index contributed by atoms with van der Waals surface area (Å²) in [5.41, 5.74) is 8.52. The van der Waals surface area contributed by atoms with Crippen LogP contribution in [0.3, 0.4) is 0 Å². The average molecular weight is 396 g/mol. The predicted octanol–water partition coefficient (Wildman–Crippen LogP) is 3.67. The number of amides is 1. The summed E-state index contributed by atoms with van der Waals surface area (Å²) >= 11 is 6.11. The largest absolute Gasteiger partial charge is 0.424 e. The van der Waals surface area contributed by atoms with Crippen molar-refractivity contribution in [1.82, 2.24) is 4.40 Å². The molecule has 3 rings (SSSR count). The lowest BCUT2D eigenvalue weighted by Crippen LogP contribution is -2.24. The van der Waals surface area contributed by atoms with Crippen LogP contribution in [0.25, 0.3) is 10.4 Å². The van der Waals surface area contributed by atoms with Crippen LogP contribution in [0, 0.1) is 6.57 Å². The van der Waals surface area contributed by atoms with E-state index >= 15 is 0 Å². The number of primary amides is 1. The number of carbonyl (C=O) groups excluding carboxylic acids is 2. The summed E-state index contributed by atoms with van der Waals surface area (Å²) in [5.74, 6) is -1.45. The molecule has 2 heterocycles. The molecule has 142 valence electrons. The van der Waals surface area contributed by atoms with Gasteiger partial charge in [0.15, 0.2) is 5.75 Å². The smallest absolute Gasteiger partial charge is 0.357 e. The van der Waals surface area contributed by atoms with Gasteiger partial charge in [0.2, 0.25) is 0 Å². The van der Waals surface area contributed by atoms with E-state index in [1.807, 2.05) is 29.5 Å². The first kappa shape index (κ1) is 19.5. The number of ether oxygens (including phenoxy) is 1. The summed E-state index contributed by atoms with van der Waals surface area (Å²) in [4.78, 5) is 27.6. The quantitative estimate of drug-likeness (QED) is 0.376. The number of pyridine rings is 1. The molecule has 0 saturated carbocycles. The topological polar surface area (TPSA) is 78.2 Å². The molecule has 0 fully saturated rings. The van der Waals surface area contributed by atoms with Crippen LogP contribution in [0.4, 0.5) is 0 Å². The van der Waals surface area contributed by atoms with E-state index in [1.54, 1.807) is 24.4 Å². The number of hydrogen-bond acceptors (Lipinski definition) is 3. The summed E-state index contributed by atoms with van der Waals surface area (Å²) in [5, 5.41) is 0.617. The van der Waals surface area contributed by atoms with Gasteiger partial charge in [-0.05, 0) is 41.8 Å². The summed E-state index contributed by atoms with van der Waals surface area (Å²) < 4.78 is 7.35. The molecular formula is C21H18ClN3O3. The zero-order valence-corrected chi connectivity index (χ0v) is 16.0. The number of benzene rings is 1. The summed E-state index contributed by atoms with van der Waals surface area (Å²) in [6.07, 6.45) is 2.83. The van der Waals surface area contributed by atoms with Crippen LogP contribution < -0.4 is 10.5 Å². The van der Waals surface area contributed by atoms with Gasteiger partial charge in [-0.25, -0.2) is 6.57 Å². The van der Waals surface area contributed by atoms with Crippen LogP contribution in [0.2, 0.25) is 5.02 Å². The Labute approximate surface area is 167 Å². The molecule has 7 heteroatoms. The Hall–Kier alpha value is -3.30. The van der Waals surface area contributed by atoms with Gasteiger partial charge in [-0.1, -0.05) is 30.7 Å². The lowest BCUT2D eigenvalue weighted by molar-refractivity contribution is -0.114. The highest BCUT2D eigenvalue weighted by Crippen LogP contribution is 2.33. The van der Waals surface area contributed by atoms with E-state index in [9.17, 15) is 9.59 Å². The van der Waals surface area contributed by atoms with Crippen LogP contribution in [0.1, 0.15) is 34.1 Å². The molecule has 0 aliphatic heterocycles. The number of rotatable bonds is 7. The standard InChI is InChI=1S/C21H18ClN3O3/c1-3-15-16(11-13-6-4-7-14(22)10-13)25-9-5-8-17(28-12-24-2)19(25)18(15)20(26)21(23)27/h4-10H,3,11-12H2,1H3,(H2,23,27). The highest BCUT2D eigenvalue weighted by molar-refractivity contribution is 6.44. The second-order valence-electron chi connectivity index (χ2n) is 6.18. The number of ketones is 1. The van der Waals surface area contributed by atoms with Crippen molar-refractivity contribution in [3.05, 3.63) is 81.4 Å². The minimum absolute atomic E-state index is 0.194. The molecule has 0 aliphatic rings. The van der Waals surface area contributed by atoms with Gasteiger partial charge >= 0.3 is 6.73 Å². The number of Topliss-reactive ketones (excluding diaryl/α,β-unsaturated/α-hetero) is 1. The Morgan fingerprint density at radius 1 is 1.29 bits per heavy atom. The van der Waals surface area contributed by atoms with E-state index in [2.05, 4.69) is 4.85 Å². The van der Waals surface area contributed by atoms with Crippen molar-refractivity contribution in [3.8, 4) is 5.75 Å². The monoisotopic (exact) mass is 395 g/mol. The van der Waals surface area contributed by atoms with Gasteiger partial charge in [-0.15, -0.1) is 0 Å². The maximum Gasteiger partial charge on any atom is 0.357 e. The predicted molar refractivity (Wildman–Crippen MR) is 107 cm³/mol. The first-order valence-electron chi connectivity index (χ1n) is 8.67. The van der Waals surface area contributed by atoms with Crippen molar-refractivity contribution >= 4 is 28.8 Å². The Balaban J connectivity index is 2.30. The van der Waals surface area contributed by atoms with E-state index in [4.69, 9.17) is 28.6 Å². The third-order valence-electron chi connectivity index (χ3n) is 4.48. The number of carbonyl (C=O) groups is 2. The Morgan fingerprint density at radius 3 is 2.71 bits per heavy atom. The molecule has 2 N–H and O–H groups in total. The number of halogens is 1. The maximum absolute atomic E-state index is 12.7. The second kappa shape index (κ2) is 8.15. The van der Waals surface area contributed by atoms with E-state index in [0.717, 1.165) is 16.8 Å². The zero-order chi connectivity index (χ0) is 20.3. The fraction of sp³-hybridized carbons (Fsp3) is 0.190. The van der Waals surface area contributed by atoms with Gasteiger partial charge in [0.25, 0.3) is 11.7 Å². The molecule has 0 atom stereocenters. The normalized spacial score (nSPS) is 10.6. The van der Waals surface area contributed by atoms with Crippen molar-refractivity contribution in [3.63, 3.8) is 0 Å². The summed E-state index contributed by atoms with van der Waals surface area (Å²) in [7, 11) is 0. The Morgan fingerprint density at radius 2 is 2.07 bits per heavy atom. The molecule has 0 unspecified atom stereocenters. The van der Waals surface area contributed by atoms with Gasteiger partial charge in [0.05, 0.1) is 11.1 Å². The molecule has 0 radical (unpaired) electrons. The summed E-state index contributed by atoms with van der Waals surface area (Å²) in [6, 6.07) is 10.9. The number of aromatic nitrogens is 1. The highest BCUT2D eigenvalue weighted by Gasteiger charge is 2.27. The molecule has 1 aromatic carbocycles. The zero-order valence-electron chi connectivity index (χ0n) is 15.2. The first-order chi connectivity index (χ1) is 13.5. The number of hydrogen-bond donors (Lipinski definition) is 1. The van der Waals surface area contributed by atoms with E-state index in [1.165, 1.54) is 0 Å². The molecule has 0 aliphatic carbocycles. The minimum atomic E-state index is -1.03. The van der Waals surface area contributed by atoms with Crippen molar-refractivity contribution in [1.29, 1.82) is 0 Å². The van der Waals surface area contributed by atoms with Gasteiger partial charge in [0, 0.05) is 23.3 Å². The number of nitrogens with two attached hydrogens (primary N) is 1. The third-order valence-corrected chi connectivity index (χ3v) is 4.72. The van der Waals surface area contributed by atoms with Crippen LogP contribution in [0.15, 0.2) is 42.6 Å². The molecule has 2 aromatic heterocycles. The fourth-order valence-corrected chi connectivity index (χ4v) is 3.60. The van der Waals surface area contributed by atoms with Gasteiger partial charge in [-0.2, -0.15) is 0 Å². The van der Waals surface area contributed by atoms with E-state index in [0.29, 0.717) is 29.1 Å². The lowest BCUT2D eigenvalue weighted by Gasteiger charge is -2.08. The molecule has 6 nitrogen and oxygen atoms in total. The maximum atomic E-state index is 12.7. The van der Waals surface area contributed by atoms with Crippen molar-refractivity contribution in [2.45, 2.75) is 19.8 Å². The highest BCUT2D eigenvalue weighted by atomic mass is 35.5. The minimum Gasteiger partial charge on any atom is -0.424 e. The lowest BCUT2D eigenvalue weighted by atomic mass is 9.99. The summed E-state index contributed by atoms with van der Waals surface area (Å²) in [6.45, 7) is 8.67. The molecular weight excluding hydrogens is 378 g/mol. The van der Waals surface area contributed by atoms with Crippen molar-refractivity contribution in [2.75, 3.05) is 6.73 Å². The van der Waals surface area contributed by atoms with Crippen LogP contribution >= 0.6 is 11.6 Å².